The van der Waals surface area contributed by atoms with Crippen molar-refractivity contribution in [1.29, 1.82) is 0 Å². The summed E-state index contributed by atoms with van der Waals surface area (Å²) >= 11 is 0. The Morgan fingerprint density at radius 3 is 2.48 bits per heavy atom. The van der Waals surface area contributed by atoms with E-state index in [1.165, 1.54) is 18.2 Å². The van der Waals surface area contributed by atoms with Gasteiger partial charge in [0.1, 0.15) is 11.3 Å². The van der Waals surface area contributed by atoms with Crippen molar-refractivity contribution in [3.05, 3.63) is 81.4 Å². The molecule has 0 bridgehead atoms. The number of fused-ring (bicyclic) bond motifs is 1. The fraction of sp³-hybridized carbons (Fsp3) is 0. The molecule has 0 fully saturated rings. The number of phenols is 1. The van der Waals surface area contributed by atoms with Crippen molar-refractivity contribution in [2.75, 3.05) is 0 Å². The van der Waals surface area contributed by atoms with Gasteiger partial charge in [0.25, 0.3) is 5.69 Å². The molecule has 0 aromatic heterocycles. The maximum Gasteiger partial charge on any atom is 0.339 e. The molecule has 6 nitrogen and oxygen atoms in total. The molecule has 0 amide bonds. The van der Waals surface area contributed by atoms with E-state index in [9.17, 15) is 20.0 Å². The Kier molecular flexibility index (Phi) is 4.18. The van der Waals surface area contributed by atoms with Crippen LogP contribution in [0.4, 0.5) is 5.69 Å². The van der Waals surface area contributed by atoms with E-state index >= 15 is 0 Å². The lowest BCUT2D eigenvalue weighted by Gasteiger charge is -2.04. The van der Waals surface area contributed by atoms with E-state index in [4.69, 9.17) is 5.11 Å². The SMILES string of the molecule is O=C(O)c1cc2cc(/C=C/c3ccccc3[N+](=O)[O-])ccc2cc1O. The fourth-order valence-corrected chi connectivity index (χ4v) is 2.56. The molecule has 2 N–H and O–H groups in total. The highest BCUT2D eigenvalue weighted by Gasteiger charge is 2.11. The van der Waals surface area contributed by atoms with Gasteiger partial charge in [0.2, 0.25) is 0 Å². The predicted molar refractivity (Wildman–Crippen MR) is 94.6 cm³/mol. The second-order valence-electron chi connectivity index (χ2n) is 5.43. The van der Waals surface area contributed by atoms with Crippen molar-refractivity contribution >= 4 is 34.6 Å². The molecule has 25 heavy (non-hydrogen) atoms. The van der Waals surface area contributed by atoms with Gasteiger partial charge in [-0.25, -0.2) is 4.79 Å². The number of carboxylic acids is 1. The summed E-state index contributed by atoms with van der Waals surface area (Å²) in [5, 5.41) is 31.2. The normalized spacial score (nSPS) is 11.0. The van der Waals surface area contributed by atoms with E-state index in [0.29, 0.717) is 16.3 Å². The Balaban J connectivity index is 2.01. The van der Waals surface area contributed by atoms with Gasteiger partial charge in [0, 0.05) is 6.07 Å². The van der Waals surface area contributed by atoms with Gasteiger partial charge < -0.3 is 10.2 Å². The van der Waals surface area contributed by atoms with Crippen LogP contribution in [0.5, 0.6) is 5.75 Å². The highest BCUT2D eigenvalue weighted by Crippen LogP contribution is 2.27. The number of aromatic hydroxyl groups is 1. The molecule has 0 aliphatic heterocycles. The second-order valence-corrected chi connectivity index (χ2v) is 5.43. The summed E-state index contributed by atoms with van der Waals surface area (Å²) in [5.74, 6) is -1.50. The Morgan fingerprint density at radius 1 is 1.00 bits per heavy atom. The minimum atomic E-state index is -1.21. The zero-order chi connectivity index (χ0) is 18.0. The summed E-state index contributed by atoms with van der Waals surface area (Å²) in [6.45, 7) is 0. The van der Waals surface area contributed by atoms with Gasteiger partial charge in [-0.05, 0) is 46.7 Å². The van der Waals surface area contributed by atoms with E-state index in [-0.39, 0.29) is 17.0 Å². The highest BCUT2D eigenvalue weighted by atomic mass is 16.6. The van der Waals surface area contributed by atoms with Crippen LogP contribution >= 0.6 is 0 Å². The van der Waals surface area contributed by atoms with Crippen LogP contribution in [-0.4, -0.2) is 21.1 Å². The summed E-state index contributed by atoms with van der Waals surface area (Å²) in [5.41, 5.74) is 1.07. The number of carboxylic acid groups (broad SMARTS) is 1. The number of nitrogens with zero attached hydrogens (tertiary/aromatic N) is 1. The lowest BCUT2D eigenvalue weighted by Crippen LogP contribution is -1.96. The Bertz CT molecular complexity index is 1020. The Labute approximate surface area is 142 Å². The van der Waals surface area contributed by atoms with Crippen molar-refractivity contribution in [2.45, 2.75) is 0 Å². The molecule has 0 saturated heterocycles. The third-order valence-electron chi connectivity index (χ3n) is 3.80. The van der Waals surface area contributed by atoms with E-state index in [1.54, 1.807) is 48.6 Å². The first-order valence-electron chi connectivity index (χ1n) is 7.37. The monoisotopic (exact) mass is 335 g/mol. The molecule has 6 heteroatoms. The maximum absolute atomic E-state index is 11.1. The van der Waals surface area contributed by atoms with Crippen molar-refractivity contribution < 1.29 is 19.9 Å². The average molecular weight is 335 g/mol. The van der Waals surface area contributed by atoms with Crippen molar-refractivity contribution in [2.24, 2.45) is 0 Å². The van der Waals surface area contributed by atoms with Crippen LogP contribution in [0.3, 0.4) is 0 Å². The Hall–Kier alpha value is -3.67. The molecule has 0 heterocycles. The van der Waals surface area contributed by atoms with Crippen molar-refractivity contribution in [3.8, 4) is 5.75 Å². The zero-order valence-corrected chi connectivity index (χ0v) is 12.9. The van der Waals surface area contributed by atoms with Crippen LogP contribution in [-0.2, 0) is 0 Å². The lowest BCUT2D eigenvalue weighted by molar-refractivity contribution is -0.385. The smallest absolute Gasteiger partial charge is 0.339 e. The quantitative estimate of drug-likeness (QED) is 0.420. The van der Waals surface area contributed by atoms with Crippen LogP contribution in [0.2, 0.25) is 0 Å². The van der Waals surface area contributed by atoms with Crippen LogP contribution in [0, 0.1) is 10.1 Å². The molecular formula is C19H13NO5. The summed E-state index contributed by atoms with van der Waals surface area (Å²) < 4.78 is 0. The number of aromatic carboxylic acids is 1. The maximum atomic E-state index is 11.1. The fourth-order valence-electron chi connectivity index (χ4n) is 2.56. The first-order valence-corrected chi connectivity index (χ1v) is 7.37. The van der Waals surface area contributed by atoms with Crippen LogP contribution in [0.15, 0.2) is 54.6 Å². The first kappa shape index (κ1) is 16.2. The molecular weight excluding hydrogens is 322 g/mol. The standard InChI is InChI=1S/C19H13NO5/c21-18-11-14-8-6-12(9-15(14)10-16(18)19(22)23)5-7-13-3-1-2-4-17(13)20(24)25/h1-11,21H,(H,22,23)/b7-5+. The number of rotatable bonds is 4. The van der Waals surface area contributed by atoms with Gasteiger partial charge in [0.05, 0.1) is 10.5 Å². The minimum absolute atomic E-state index is 0.0117. The second kappa shape index (κ2) is 6.45. The molecule has 0 saturated carbocycles. The van der Waals surface area contributed by atoms with E-state index < -0.39 is 10.9 Å². The molecule has 0 radical (unpaired) electrons. The van der Waals surface area contributed by atoms with E-state index in [1.807, 2.05) is 0 Å². The number of nitro benzene ring substituents is 1. The lowest BCUT2D eigenvalue weighted by atomic mass is 10.0. The number of benzene rings is 3. The van der Waals surface area contributed by atoms with Gasteiger partial charge >= 0.3 is 5.97 Å². The van der Waals surface area contributed by atoms with Gasteiger partial charge in [-0.1, -0.05) is 30.3 Å². The topological polar surface area (TPSA) is 101 Å². The van der Waals surface area contributed by atoms with Gasteiger partial charge in [0.15, 0.2) is 0 Å². The van der Waals surface area contributed by atoms with Gasteiger partial charge in [-0.3, -0.25) is 10.1 Å². The molecule has 0 aliphatic rings. The summed E-state index contributed by atoms with van der Waals surface area (Å²) in [4.78, 5) is 21.7. The van der Waals surface area contributed by atoms with Crippen LogP contribution in [0.25, 0.3) is 22.9 Å². The minimum Gasteiger partial charge on any atom is -0.507 e. The van der Waals surface area contributed by atoms with Crippen LogP contribution in [0.1, 0.15) is 21.5 Å². The van der Waals surface area contributed by atoms with E-state index in [2.05, 4.69) is 0 Å². The van der Waals surface area contributed by atoms with Crippen molar-refractivity contribution in [3.63, 3.8) is 0 Å². The number of hydrogen-bond donors (Lipinski definition) is 2. The number of hydrogen-bond acceptors (Lipinski definition) is 4. The number of nitro groups is 1. The molecule has 3 aromatic carbocycles. The third kappa shape index (κ3) is 3.32. The number of para-hydroxylation sites is 1. The summed E-state index contributed by atoms with van der Waals surface area (Å²) in [7, 11) is 0. The molecule has 0 aliphatic carbocycles. The third-order valence-corrected chi connectivity index (χ3v) is 3.80. The first-order chi connectivity index (χ1) is 12.0. The highest BCUT2D eigenvalue weighted by molar-refractivity contribution is 5.98. The molecule has 3 rings (SSSR count). The molecule has 124 valence electrons. The van der Waals surface area contributed by atoms with Crippen LogP contribution < -0.4 is 0 Å². The van der Waals surface area contributed by atoms with Gasteiger partial charge in [-0.15, -0.1) is 0 Å². The predicted octanol–water partition coefficient (Wildman–Crippen LogP) is 4.32. The molecule has 3 aromatic rings. The average Bonchev–Trinajstić information content (AvgIpc) is 2.59. The summed E-state index contributed by atoms with van der Waals surface area (Å²) in [6, 6.07) is 14.5. The van der Waals surface area contributed by atoms with E-state index in [0.717, 1.165) is 5.56 Å². The van der Waals surface area contributed by atoms with Gasteiger partial charge in [-0.2, -0.15) is 0 Å². The van der Waals surface area contributed by atoms with Crippen molar-refractivity contribution in [1.82, 2.24) is 0 Å². The summed E-state index contributed by atoms with van der Waals surface area (Å²) in [6.07, 6.45) is 3.35. The molecule has 0 spiro atoms. The number of carbonyl (C=O) groups is 1. The molecule has 0 unspecified atom stereocenters. The molecule has 0 atom stereocenters. The largest absolute Gasteiger partial charge is 0.507 e. The zero-order valence-electron chi connectivity index (χ0n) is 12.9. The Morgan fingerprint density at radius 2 is 1.76 bits per heavy atom.